The molecule has 0 aliphatic carbocycles. The van der Waals surface area contributed by atoms with Gasteiger partial charge in [-0.2, -0.15) is 0 Å². The van der Waals surface area contributed by atoms with Crippen LogP contribution < -0.4 is 0 Å². The maximum Gasteiger partial charge on any atom is 0.317 e. The van der Waals surface area contributed by atoms with Gasteiger partial charge in [0.2, 0.25) is 0 Å². The Labute approximate surface area is 74.1 Å². The van der Waals surface area contributed by atoms with Crippen molar-refractivity contribution in [2.45, 2.75) is 11.7 Å². The van der Waals surface area contributed by atoms with Gasteiger partial charge in [0.25, 0.3) is 0 Å². The number of carboxylic acids is 1. The van der Waals surface area contributed by atoms with Crippen molar-refractivity contribution in [2.75, 3.05) is 6.61 Å². The van der Waals surface area contributed by atoms with Crippen LogP contribution in [-0.4, -0.2) is 22.9 Å². The lowest BCUT2D eigenvalue weighted by molar-refractivity contribution is -0.136. The number of thioether (sulfide) groups is 1. The standard InChI is InChI=1S/C8H8O3S/c9-8(10)7-4-5-6(12-7)2-1-3-11-5/h1-2,7H,3-4H2,(H,9,10). The Kier molecular flexibility index (Phi) is 1.84. The van der Waals surface area contributed by atoms with Crippen molar-refractivity contribution >= 4 is 17.7 Å². The Bertz CT molecular complexity index is 280. The molecule has 64 valence electrons. The molecule has 1 atom stereocenters. The molecule has 0 amide bonds. The van der Waals surface area contributed by atoms with Crippen LogP contribution in [0.25, 0.3) is 0 Å². The molecule has 2 aliphatic heterocycles. The van der Waals surface area contributed by atoms with Crippen LogP contribution in [0.3, 0.4) is 0 Å². The minimum Gasteiger partial charge on any atom is -0.493 e. The molecule has 2 heterocycles. The zero-order chi connectivity index (χ0) is 8.55. The lowest BCUT2D eigenvalue weighted by Crippen LogP contribution is -2.13. The Hall–Kier alpha value is -0.900. The van der Waals surface area contributed by atoms with Gasteiger partial charge in [0.05, 0.1) is 0 Å². The zero-order valence-corrected chi connectivity index (χ0v) is 7.13. The summed E-state index contributed by atoms with van der Waals surface area (Å²) in [6, 6.07) is 0. The molecule has 0 saturated heterocycles. The first kappa shape index (κ1) is 7.73. The van der Waals surface area contributed by atoms with Gasteiger partial charge in [-0.05, 0) is 12.2 Å². The molecule has 0 saturated carbocycles. The fourth-order valence-corrected chi connectivity index (χ4v) is 2.32. The molecule has 2 rings (SSSR count). The fourth-order valence-electron chi connectivity index (χ4n) is 1.23. The van der Waals surface area contributed by atoms with Gasteiger partial charge in [-0.3, -0.25) is 4.79 Å². The van der Waals surface area contributed by atoms with Crippen LogP contribution in [0.4, 0.5) is 0 Å². The van der Waals surface area contributed by atoms with Gasteiger partial charge in [-0.25, -0.2) is 0 Å². The molecule has 0 aromatic carbocycles. The first-order valence-corrected chi connectivity index (χ1v) is 4.57. The summed E-state index contributed by atoms with van der Waals surface area (Å²) in [6.45, 7) is 0.575. The van der Waals surface area contributed by atoms with Crippen LogP contribution in [0.15, 0.2) is 22.8 Å². The van der Waals surface area contributed by atoms with E-state index in [2.05, 4.69) is 0 Å². The van der Waals surface area contributed by atoms with E-state index < -0.39 is 5.97 Å². The molecule has 0 radical (unpaired) electrons. The maximum atomic E-state index is 10.6. The highest BCUT2D eigenvalue weighted by Crippen LogP contribution is 2.40. The Morgan fingerprint density at radius 3 is 3.25 bits per heavy atom. The smallest absolute Gasteiger partial charge is 0.317 e. The van der Waals surface area contributed by atoms with E-state index in [4.69, 9.17) is 9.84 Å². The van der Waals surface area contributed by atoms with Gasteiger partial charge < -0.3 is 9.84 Å². The molecule has 0 aromatic heterocycles. The molecule has 0 fully saturated rings. The summed E-state index contributed by atoms with van der Waals surface area (Å²) in [7, 11) is 0. The molecule has 0 aromatic rings. The Morgan fingerprint density at radius 1 is 1.75 bits per heavy atom. The van der Waals surface area contributed by atoms with Gasteiger partial charge in [0, 0.05) is 11.3 Å². The first-order chi connectivity index (χ1) is 5.77. The zero-order valence-electron chi connectivity index (χ0n) is 6.32. The molecule has 1 unspecified atom stereocenters. The largest absolute Gasteiger partial charge is 0.493 e. The molecule has 12 heavy (non-hydrogen) atoms. The van der Waals surface area contributed by atoms with Crippen LogP contribution in [0.5, 0.6) is 0 Å². The first-order valence-electron chi connectivity index (χ1n) is 3.69. The van der Waals surface area contributed by atoms with Crippen molar-refractivity contribution in [3.8, 4) is 0 Å². The fraction of sp³-hybridized carbons (Fsp3) is 0.375. The third-order valence-corrected chi connectivity index (χ3v) is 3.08. The predicted molar refractivity (Wildman–Crippen MR) is 45.7 cm³/mol. The Balaban J connectivity index is 2.12. The lowest BCUT2D eigenvalue weighted by Gasteiger charge is -2.08. The monoisotopic (exact) mass is 184 g/mol. The van der Waals surface area contributed by atoms with Crippen molar-refractivity contribution < 1.29 is 14.6 Å². The van der Waals surface area contributed by atoms with E-state index in [1.54, 1.807) is 0 Å². The molecule has 0 spiro atoms. The summed E-state index contributed by atoms with van der Waals surface area (Å²) in [6.07, 6.45) is 4.36. The summed E-state index contributed by atoms with van der Waals surface area (Å²) in [4.78, 5) is 11.6. The van der Waals surface area contributed by atoms with Crippen LogP contribution in [0.1, 0.15) is 6.42 Å². The van der Waals surface area contributed by atoms with E-state index in [1.165, 1.54) is 11.8 Å². The topological polar surface area (TPSA) is 46.5 Å². The summed E-state index contributed by atoms with van der Waals surface area (Å²) in [5, 5.41) is 8.38. The minimum atomic E-state index is -0.758. The van der Waals surface area contributed by atoms with E-state index >= 15 is 0 Å². The minimum absolute atomic E-state index is 0.349. The second kappa shape index (κ2) is 2.86. The third kappa shape index (κ3) is 1.22. The van der Waals surface area contributed by atoms with Crippen molar-refractivity contribution in [3.63, 3.8) is 0 Å². The van der Waals surface area contributed by atoms with E-state index in [0.717, 1.165) is 10.7 Å². The highest BCUT2D eigenvalue weighted by molar-refractivity contribution is 8.04. The number of carbonyl (C=O) groups is 1. The molecule has 2 aliphatic rings. The SMILES string of the molecule is O=C(O)C1CC2=C(C=CCO2)S1. The summed E-state index contributed by atoms with van der Waals surface area (Å²) in [5.41, 5.74) is 0. The van der Waals surface area contributed by atoms with Gasteiger partial charge >= 0.3 is 5.97 Å². The van der Waals surface area contributed by atoms with Gasteiger partial charge in [-0.15, -0.1) is 11.8 Å². The van der Waals surface area contributed by atoms with Crippen LogP contribution in [-0.2, 0) is 9.53 Å². The molecule has 1 N–H and O–H groups in total. The van der Waals surface area contributed by atoms with E-state index in [0.29, 0.717) is 13.0 Å². The number of carboxylic acid groups (broad SMARTS) is 1. The van der Waals surface area contributed by atoms with Crippen molar-refractivity contribution in [2.24, 2.45) is 0 Å². The van der Waals surface area contributed by atoms with Crippen molar-refractivity contribution in [3.05, 3.63) is 22.8 Å². The number of rotatable bonds is 1. The van der Waals surface area contributed by atoms with Gasteiger partial charge in [0.1, 0.15) is 17.6 Å². The lowest BCUT2D eigenvalue weighted by atomic mass is 10.2. The van der Waals surface area contributed by atoms with Crippen molar-refractivity contribution in [1.29, 1.82) is 0 Å². The second-order valence-electron chi connectivity index (χ2n) is 2.65. The quantitative estimate of drug-likeness (QED) is 0.668. The molecule has 3 nitrogen and oxygen atoms in total. The summed E-state index contributed by atoms with van der Waals surface area (Å²) in [5.74, 6) is 0.0845. The van der Waals surface area contributed by atoms with E-state index in [9.17, 15) is 4.79 Å². The normalized spacial score (nSPS) is 26.8. The van der Waals surface area contributed by atoms with E-state index in [1.807, 2.05) is 12.2 Å². The van der Waals surface area contributed by atoms with Gasteiger partial charge in [0.15, 0.2) is 0 Å². The average Bonchev–Trinajstić information content (AvgIpc) is 2.46. The molecular formula is C8H8O3S. The molecule has 4 heteroatoms. The summed E-state index contributed by atoms with van der Waals surface area (Å²) < 4.78 is 5.29. The van der Waals surface area contributed by atoms with Crippen LogP contribution >= 0.6 is 11.8 Å². The molecule has 0 bridgehead atoms. The summed E-state index contributed by atoms with van der Waals surface area (Å²) >= 11 is 1.37. The molecular weight excluding hydrogens is 176 g/mol. The number of hydrogen-bond acceptors (Lipinski definition) is 3. The number of hydrogen-bond donors (Lipinski definition) is 1. The highest BCUT2D eigenvalue weighted by Gasteiger charge is 2.31. The number of ether oxygens (including phenoxy) is 1. The number of allylic oxidation sites excluding steroid dienone is 2. The second-order valence-corrected chi connectivity index (χ2v) is 3.89. The van der Waals surface area contributed by atoms with E-state index in [-0.39, 0.29) is 5.25 Å². The van der Waals surface area contributed by atoms with Crippen LogP contribution in [0, 0.1) is 0 Å². The number of aliphatic carboxylic acids is 1. The Morgan fingerprint density at radius 2 is 2.58 bits per heavy atom. The average molecular weight is 184 g/mol. The highest BCUT2D eigenvalue weighted by atomic mass is 32.2. The predicted octanol–water partition coefficient (Wildman–Crippen LogP) is 1.37. The van der Waals surface area contributed by atoms with Gasteiger partial charge in [-0.1, -0.05) is 0 Å². The maximum absolute atomic E-state index is 10.6. The van der Waals surface area contributed by atoms with Crippen molar-refractivity contribution in [1.82, 2.24) is 0 Å². The van der Waals surface area contributed by atoms with Crippen LogP contribution in [0.2, 0.25) is 0 Å². The third-order valence-electron chi connectivity index (χ3n) is 1.81.